The van der Waals surface area contributed by atoms with Crippen LogP contribution >= 0.6 is 0 Å². The minimum Gasteiger partial charge on any atom is -0.496 e. The van der Waals surface area contributed by atoms with Gasteiger partial charge in [-0.3, -0.25) is 9.78 Å². The van der Waals surface area contributed by atoms with E-state index in [1.807, 2.05) is 66.7 Å². The second kappa shape index (κ2) is 9.24. The summed E-state index contributed by atoms with van der Waals surface area (Å²) < 4.78 is 5.43. The number of aromatic nitrogens is 3. The maximum absolute atomic E-state index is 13.0. The Kier molecular flexibility index (Phi) is 5.85. The van der Waals surface area contributed by atoms with Crippen LogP contribution in [0.5, 0.6) is 5.75 Å². The van der Waals surface area contributed by atoms with Gasteiger partial charge in [0.05, 0.1) is 36.1 Å². The van der Waals surface area contributed by atoms with Crippen molar-refractivity contribution >= 4 is 28.3 Å². The molecule has 1 fully saturated rings. The van der Waals surface area contributed by atoms with E-state index in [9.17, 15) is 4.79 Å². The van der Waals surface area contributed by atoms with E-state index < -0.39 is 0 Å². The van der Waals surface area contributed by atoms with Crippen LogP contribution in [0.15, 0.2) is 72.9 Å². The molecule has 0 radical (unpaired) electrons. The number of carbonyl (C=O) groups excluding carboxylic acids is 1. The number of nitrogens with zero attached hydrogens (tertiary/aromatic N) is 4. The highest BCUT2D eigenvalue weighted by molar-refractivity contribution is 5.95. The van der Waals surface area contributed by atoms with E-state index in [4.69, 9.17) is 4.74 Å². The normalized spacial score (nSPS) is 15.9. The van der Waals surface area contributed by atoms with Gasteiger partial charge < -0.3 is 15.0 Å². The average Bonchev–Trinajstić information content (AvgIpc) is 2.89. The zero-order chi connectivity index (χ0) is 22.6. The van der Waals surface area contributed by atoms with Gasteiger partial charge in [-0.15, -0.1) is 10.2 Å². The van der Waals surface area contributed by atoms with Crippen LogP contribution in [-0.2, 0) is 4.79 Å². The third-order valence-corrected chi connectivity index (χ3v) is 6.01. The van der Waals surface area contributed by atoms with Crippen LogP contribution in [0.1, 0.15) is 12.8 Å². The monoisotopic (exact) mass is 439 g/mol. The summed E-state index contributed by atoms with van der Waals surface area (Å²) in [6.45, 7) is 1.46. The molecule has 0 bridgehead atoms. The summed E-state index contributed by atoms with van der Waals surface area (Å²) >= 11 is 0. The molecule has 1 unspecified atom stereocenters. The Morgan fingerprint density at radius 1 is 1.06 bits per heavy atom. The predicted octanol–water partition coefficient (Wildman–Crippen LogP) is 4.56. The van der Waals surface area contributed by atoms with Crippen LogP contribution in [0.3, 0.4) is 0 Å². The summed E-state index contributed by atoms with van der Waals surface area (Å²) in [5.41, 5.74) is 3.29. The van der Waals surface area contributed by atoms with Gasteiger partial charge in [-0.1, -0.05) is 30.3 Å². The molecular formula is C26H25N5O2. The number of hydrogen-bond donors (Lipinski definition) is 1. The lowest BCUT2D eigenvalue weighted by molar-refractivity contribution is -0.120. The van der Waals surface area contributed by atoms with E-state index in [-0.39, 0.29) is 11.8 Å². The zero-order valence-corrected chi connectivity index (χ0v) is 18.4. The molecule has 2 aromatic carbocycles. The average molecular weight is 440 g/mol. The van der Waals surface area contributed by atoms with E-state index in [0.717, 1.165) is 58.8 Å². The van der Waals surface area contributed by atoms with Gasteiger partial charge in [-0.05, 0) is 49.2 Å². The number of amides is 1. The highest BCUT2D eigenvalue weighted by atomic mass is 16.5. The van der Waals surface area contributed by atoms with Crippen LogP contribution in [-0.4, -0.2) is 41.3 Å². The fraction of sp³-hybridized carbons (Fsp3) is 0.231. The van der Waals surface area contributed by atoms with Crippen molar-refractivity contribution < 1.29 is 9.53 Å². The Morgan fingerprint density at radius 2 is 1.91 bits per heavy atom. The summed E-state index contributed by atoms with van der Waals surface area (Å²) in [5, 5.41) is 12.9. The smallest absolute Gasteiger partial charge is 0.229 e. The standard InChI is InChI=1S/C26H25N5O2/c1-33-24-11-5-3-9-21(24)23-12-13-25(30-29-23)31-14-6-8-19(17-31)26(32)28-20-15-18-7-2-4-10-22(18)27-16-20/h2-5,7,9-13,15-16,19H,6,8,14,17H2,1H3,(H,28,32). The number of piperidine rings is 1. The maximum atomic E-state index is 13.0. The number of ether oxygens (including phenoxy) is 1. The Labute approximate surface area is 192 Å². The molecule has 1 amide bonds. The molecule has 1 saturated heterocycles. The van der Waals surface area contributed by atoms with Crippen molar-refractivity contribution in [2.45, 2.75) is 12.8 Å². The molecule has 0 aliphatic carbocycles. The summed E-state index contributed by atoms with van der Waals surface area (Å²) in [6, 6.07) is 21.5. The van der Waals surface area contributed by atoms with Gasteiger partial charge in [0.15, 0.2) is 5.82 Å². The number of hydrogen-bond acceptors (Lipinski definition) is 6. The Morgan fingerprint density at radius 3 is 2.76 bits per heavy atom. The summed E-state index contributed by atoms with van der Waals surface area (Å²) in [6.07, 6.45) is 3.48. The lowest BCUT2D eigenvalue weighted by Gasteiger charge is -2.32. The Balaban J connectivity index is 1.27. The van der Waals surface area contributed by atoms with Crippen molar-refractivity contribution in [3.8, 4) is 17.0 Å². The number of benzene rings is 2. The topological polar surface area (TPSA) is 80.2 Å². The Hall–Kier alpha value is -4.00. The van der Waals surface area contributed by atoms with Gasteiger partial charge >= 0.3 is 0 Å². The van der Waals surface area contributed by atoms with Crippen molar-refractivity contribution in [1.82, 2.24) is 15.2 Å². The first-order valence-electron chi connectivity index (χ1n) is 11.1. The van der Waals surface area contributed by atoms with Crippen molar-refractivity contribution in [3.05, 3.63) is 72.9 Å². The summed E-state index contributed by atoms with van der Waals surface area (Å²) in [7, 11) is 1.65. The number of fused-ring (bicyclic) bond motifs is 1. The molecule has 4 aromatic rings. The lowest BCUT2D eigenvalue weighted by Crippen LogP contribution is -2.41. The second-order valence-corrected chi connectivity index (χ2v) is 8.17. The Bertz CT molecular complexity index is 1280. The molecule has 33 heavy (non-hydrogen) atoms. The molecule has 0 saturated carbocycles. The largest absolute Gasteiger partial charge is 0.496 e. The molecule has 1 atom stereocenters. The van der Waals surface area contributed by atoms with E-state index >= 15 is 0 Å². The van der Waals surface area contributed by atoms with Crippen LogP contribution in [0, 0.1) is 5.92 Å². The van der Waals surface area contributed by atoms with Gasteiger partial charge in [0.1, 0.15) is 5.75 Å². The van der Waals surface area contributed by atoms with Crippen molar-refractivity contribution in [3.63, 3.8) is 0 Å². The van der Waals surface area contributed by atoms with E-state index in [0.29, 0.717) is 6.54 Å². The zero-order valence-electron chi connectivity index (χ0n) is 18.4. The molecule has 3 heterocycles. The van der Waals surface area contributed by atoms with Crippen molar-refractivity contribution in [2.75, 3.05) is 30.4 Å². The van der Waals surface area contributed by atoms with Gasteiger partial charge in [0, 0.05) is 24.0 Å². The summed E-state index contributed by atoms with van der Waals surface area (Å²) in [5.74, 6) is 1.42. The first-order valence-corrected chi connectivity index (χ1v) is 11.1. The minimum absolute atomic E-state index is 0.00961. The molecule has 1 aliphatic heterocycles. The quantitative estimate of drug-likeness (QED) is 0.491. The molecular weight excluding hydrogens is 414 g/mol. The predicted molar refractivity (Wildman–Crippen MR) is 129 cm³/mol. The van der Waals surface area contributed by atoms with Gasteiger partial charge in [0.2, 0.25) is 5.91 Å². The van der Waals surface area contributed by atoms with Gasteiger partial charge in [0.25, 0.3) is 0 Å². The number of nitrogens with one attached hydrogen (secondary N) is 1. The molecule has 2 aromatic heterocycles. The molecule has 0 spiro atoms. The molecule has 1 N–H and O–H groups in total. The van der Waals surface area contributed by atoms with Crippen LogP contribution in [0.2, 0.25) is 0 Å². The first kappa shape index (κ1) is 20.9. The van der Waals surface area contributed by atoms with E-state index in [2.05, 4.69) is 25.4 Å². The third-order valence-electron chi connectivity index (χ3n) is 6.01. The van der Waals surface area contributed by atoms with Crippen molar-refractivity contribution in [1.29, 1.82) is 0 Å². The molecule has 7 nitrogen and oxygen atoms in total. The number of anilines is 2. The number of carbonyl (C=O) groups is 1. The highest BCUT2D eigenvalue weighted by Gasteiger charge is 2.27. The number of methoxy groups -OCH3 is 1. The van der Waals surface area contributed by atoms with Gasteiger partial charge in [-0.2, -0.15) is 0 Å². The fourth-order valence-electron chi connectivity index (χ4n) is 4.28. The minimum atomic E-state index is -0.124. The van der Waals surface area contributed by atoms with Gasteiger partial charge in [-0.25, -0.2) is 0 Å². The highest BCUT2D eigenvalue weighted by Crippen LogP contribution is 2.29. The number of para-hydroxylation sites is 2. The maximum Gasteiger partial charge on any atom is 0.229 e. The number of rotatable bonds is 5. The SMILES string of the molecule is COc1ccccc1-c1ccc(N2CCCC(C(=O)Nc3cnc4ccccc4c3)C2)nn1. The second-order valence-electron chi connectivity index (χ2n) is 8.17. The van der Waals surface area contributed by atoms with Crippen LogP contribution < -0.4 is 15.0 Å². The first-order chi connectivity index (χ1) is 16.2. The fourth-order valence-corrected chi connectivity index (χ4v) is 4.28. The molecule has 7 heteroatoms. The molecule has 5 rings (SSSR count). The molecule has 166 valence electrons. The lowest BCUT2D eigenvalue weighted by atomic mass is 9.97. The van der Waals surface area contributed by atoms with Crippen molar-refractivity contribution in [2.24, 2.45) is 5.92 Å². The van der Waals surface area contributed by atoms with E-state index in [1.165, 1.54) is 0 Å². The van der Waals surface area contributed by atoms with E-state index in [1.54, 1.807) is 13.3 Å². The number of pyridine rings is 1. The molecule has 1 aliphatic rings. The summed E-state index contributed by atoms with van der Waals surface area (Å²) in [4.78, 5) is 19.5. The third kappa shape index (κ3) is 4.48. The van der Waals surface area contributed by atoms with Crippen LogP contribution in [0.25, 0.3) is 22.2 Å². The van der Waals surface area contributed by atoms with Crippen LogP contribution in [0.4, 0.5) is 11.5 Å².